The molecule has 26 nitrogen and oxygen atoms in total. The fraction of sp³-hybridized carbons (Fsp3) is 0.246. The van der Waals surface area contributed by atoms with Crippen LogP contribution >= 0.6 is 0 Å². The van der Waals surface area contributed by atoms with Crippen LogP contribution in [0.1, 0.15) is 67.0 Å². The first-order valence-corrected chi connectivity index (χ1v) is 26.6. The molecular formula is C65H89N4O22+. The maximum atomic E-state index is 14.0. The van der Waals surface area contributed by atoms with Gasteiger partial charge in [0.15, 0.2) is 6.54 Å². The molecule has 26 heteroatoms. The van der Waals surface area contributed by atoms with Gasteiger partial charge in [0.25, 0.3) is 11.5 Å². The number of aromatic hydroxyl groups is 1. The summed E-state index contributed by atoms with van der Waals surface area (Å²) in [4.78, 5) is 91.4. The molecule has 4 atom stereocenters. The Morgan fingerprint density at radius 1 is 0.670 bits per heavy atom. The van der Waals surface area contributed by atoms with E-state index in [0.717, 1.165) is 16.5 Å². The molecule has 3 amide bonds. The number of amides is 3. The second-order valence-electron chi connectivity index (χ2n) is 15.5. The molecule has 91 heavy (non-hydrogen) atoms. The Bertz CT molecular complexity index is 2810. The minimum Gasteiger partial charge on any atom is -0.508 e. The Hall–Kier alpha value is -9.49. The molecule has 4 aromatic rings. The molecule has 4 unspecified atom stereocenters. The summed E-state index contributed by atoms with van der Waals surface area (Å²) in [5, 5.41) is 53.1. The van der Waals surface area contributed by atoms with Crippen molar-refractivity contribution in [3.8, 4) is 17.1 Å². The van der Waals surface area contributed by atoms with Gasteiger partial charge in [-0.05, 0) is 111 Å². The summed E-state index contributed by atoms with van der Waals surface area (Å²) in [7, 11) is 0. The quantitative estimate of drug-likeness (QED) is 0.00951. The van der Waals surface area contributed by atoms with E-state index in [9.17, 15) is 33.9 Å². The van der Waals surface area contributed by atoms with Gasteiger partial charge in [0.2, 0.25) is 11.6 Å². The van der Waals surface area contributed by atoms with Crippen molar-refractivity contribution in [2.24, 2.45) is 5.92 Å². The summed E-state index contributed by atoms with van der Waals surface area (Å²) < 4.78 is 17.6. The Labute approximate surface area is 532 Å². The van der Waals surface area contributed by atoms with Crippen LogP contribution in [0.15, 0.2) is 211 Å². The molecule has 8 rings (SSSR count). The molecule has 0 bridgehead atoms. The normalized spacial score (nSPS) is 16.2. The number of nitrogens with one attached hydrogen (secondary N) is 1. The molecule has 4 aliphatic rings. The second-order valence-corrected chi connectivity index (χ2v) is 15.5. The third kappa shape index (κ3) is 24.8. The topological polar surface area (TPSA) is 291 Å². The number of phenolic OH excluding ortho intramolecular Hbond substituents is 1. The number of carbonyl (C=O) groups is 5. The van der Waals surface area contributed by atoms with Crippen LogP contribution in [0.3, 0.4) is 0 Å². The van der Waals surface area contributed by atoms with E-state index in [1.165, 1.54) is 6.07 Å². The number of aryl methyl sites for hydroxylation is 1. The van der Waals surface area contributed by atoms with Crippen molar-refractivity contribution in [3.63, 3.8) is 0 Å². The van der Waals surface area contributed by atoms with Gasteiger partial charge < -0.3 is 29.2 Å². The number of quaternary nitrogens is 1. The van der Waals surface area contributed by atoms with Crippen molar-refractivity contribution < 1.29 is 108 Å². The first-order chi connectivity index (χ1) is 44.4. The number of cyclic esters (lactones) is 1. The van der Waals surface area contributed by atoms with Gasteiger partial charge in [0.1, 0.15) is 32.2 Å². The second kappa shape index (κ2) is 53.5. The third-order valence-corrected chi connectivity index (χ3v) is 11.7. The molecule has 500 valence electrons. The summed E-state index contributed by atoms with van der Waals surface area (Å²) in [6.07, 6.45) is -0.510. The summed E-state index contributed by atoms with van der Waals surface area (Å²) in [6, 6.07) is 12.2. The molecule has 2 saturated heterocycles. The van der Waals surface area contributed by atoms with Crippen LogP contribution in [-0.4, -0.2) is 74.7 Å². The first kappa shape index (κ1) is 90.3. The number of phenols is 1. The Balaban J connectivity index is -0.000000923. The zero-order valence-corrected chi connectivity index (χ0v) is 52.7. The van der Waals surface area contributed by atoms with Crippen LogP contribution in [0.5, 0.6) is 5.75 Å². The Kier molecular flexibility index (Phi) is 53.1. The van der Waals surface area contributed by atoms with Crippen molar-refractivity contribution in [2.45, 2.75) is 78.0 Å². The zero-order chi connectivity index (χ0) is 71.3. The van der Waals surface area contributed by atoms with E-state index in [4.69, 9.17) is 24.1 Å². The lowest BCUT2D eigenvalue weighted by molar-refractivity contribution is -0.863. The predicted molar refractivity (Wildman–Crippen MR) is 343 cm³/mol. The van der Waals surface area contributed by atoms with Gasteiger partial charge in [0, 0.05) is 23.1 Å². The number of carbonyl (C=O) groups excluding carboxylic acids is 5. The minimum absolute atomic E-state index is 0.0485. The number of pyridine rings is 2. The molecule has 0 saturated carbocycles. The highest BCUT2D eigenvalue weighted by Crippen LogP contribution is 2.43. The smallest absolute Gasteiger partial charge is 0.508 e. The van der Waals surface area contributed by atoms with Crippen molar-refractivity contribution >= 4 is 40.7 Å². The number of esters is 1. The van der Waals surface area contributed by atoms with E-state index in [1.54, 1.807) is 60.9 Å². The molecule has 1 spiro atoms. The fourth-order valence-corrected chi connectivity index (χ4v) is 8.40. The van der Waals surface area contributed by atoms with Crippen LogP contribution in [-0.2, 0) is 132 Å². The number of aromatic nitrogens is 2. The number of imide groups is 1. The van der Waals surface area contributed by atoms with Crippen molar-refractivity contribution in [1.29, 1.82) is 0 Å². The van der Waals surface area contributed by atoms with Crippen LogP contribution in [0.2, 0.25) is 0 Å². The molecule has 2 aromatic carbocycles. The molecule has 0 aliphatic carbocycles. The number of nitrogens with zero attached hydrogens (tertiary/aromatic N) is 3. The van der Waals surface area contributed by atoms with Gasteiger partial charge in [-0.1, -0.05) is 38.1 Å². The molecule has 4 aliphatic heterocycles. The highest BCUT2D eigenvalue weighted by Gasteiger charge is 2.73. The molecule has 0 radical (unpaired) electrons. The largest absolute Gasteiger partial charge is 0.510 e. The van der Waals surface area contributed by atoms with Crippen LogP contribution in [0.25, 0.3) is 22.3 Å². The SMILES string of the molecule is C=C.C=C.C=C.C=C.C=C.C=C.C=C.C=C.C=C.C=C.C=C.C=C.CCc1c2c(nc3ccc(O)cc13)-c1cc3c(c(=O)n1C2)COC(=O)C3(CC)OC(=O)OCc1ccc(COOOOOOOOOOOOCCNC(=O)C2C[N+]23C(=O)CC(C)C3=O)cc1. The molecule has 2 aromatic heterocycles. The molecule has 6 heterocycles. The average Bonchev–Trinajstić information content (AvgIpc) is 1.60. The van der Waals surface area contributed by atoms with Gasteiger partial charge in [-0.25, -0.2) is 29.0 Å². The van der Waals surface area contributed by atoms with Crippen LogP contribution in [0.4, 0.5) is 4.79 Å². The zero-order valence-electron chi connectivity index (χ0n) is 52.7. The average molecular weight is 1280 g/mol. The van der Waals surface area contributed by atoms with Crippen LogP contribution < -0.4 is 10.9 Å². The van der Waals surface area contributed by atoms with Gasteiger partial charge in [0.05, 0.1) is 41.4 Å². The predicted octanol–water partition coefficient (Wildman–Crippen LogP) is 12.5. The first-order valence-electron chi connectivity index (χ1n) is 26.6. The number of hydrogen-bond donors (Lipinski definition) is 2. The van der Waals surface area contributed by atoms with Gasteiger partial charge in [-0.2, -0.15) is 9.37 Å². The van der Waals surface area contributed by atoms with E-state index < -0.39 is 45.6 Å². The lowest BCUT2D eigenvalue weighted by Crippen LogP contribution is -2.47. The maximum Gasteiger partial charge on any atom is 0.510 e. The lowest BCUT2D eigenvalue weighted by Gasteiger charge is -2.35. The monoisotopic (exact) mass is 1280 g/mol. The van der Waals surface area contributed by atoms with E-state index in [0.29, 0.717) is 34.5 Å². The standard InChI is InChI=1S/C41H40N4O22.12C2H4/c1-4-26-27-15-25(46)10-11-31(27)43-35-28(26)17-44-32(35)16-30-29(37(44)49)21-53-39(51)41(30,5-2)57-40(52)54-19-23-6-8-24(9-7-23)20-56-59-61-63-65-67-66-64-62-60-58-55-13-12-42-36(48)33-18-45(33)34(47)14-22(3)38(45)50;12*1-2/h6-11,15-16,22,33H,4-5,12-14,17-21H2,1-3H3,(H-,42,46,48,49);12*1-2H2/p+1. The van der Waals surface area contributed by atoms with E-state index in [-0.39, 0.29) is 87.6 Å². The van der Waals surface area contributed by atoms with Gasteiger partial charge in [-0.3, -0.25) is 9.59 Å². The Morgan fingerprint density at radius 2 is 1.16 bits per heavy atom. The highest BCUT2D eigenvalue weighted by molar-refractivity contribution is 6.00. The van der Waals surface area contributed by atoms with Crippen molar-refractivity contribution in [2.75, 3.05) is 19.7 Å². The van der Waals surface area contributed by atoms with E-state index in [1.807, 2.05) is 6.92 Å². The number of hydrogen-bond acceptors (Lipinski definition) is 23. The third-order valence-electron chi connectivity index (χ3n) is 11.7. The van der Waals surface area contributed by atoms with E-state index >= 15 is 0 Å². The minimum atomic E-state index is -1.98. The lowest BCUT2D eigenvalue weighted by atomic mass is 9.85. The Morgan fingerprint density at radius 3 is 1.65 bits per heavy atom. The van der Waals surface area contributed by atoms with Gasteiger partial charge in [-0.15, -0.1) is 158 Å². The number of fused-ring (bicyclic) bond motifs is 5. The molecule has 2 fully saturated rings. The summed E-state index contributed by atoms with van der Waals surface area (Å²) in [6.45, 7) is 76.6. The number of rotatable bonds is 22. The van der Waals surface area contributed by atoms with Crippen LogP contribution in [0, 0.1) is 5.92 Å². The van der Waals surface area contributed by atoms with Gasteiger partial charge >= 0.3 is 23.9 Å². The summed E-state index contributed by atoms with van der Waals surface area (Å²) in [5.74, 6) is -2.16. The highest BCUT2D eigenvalue weighted by atomic mass is 18.0. The van der Waals surface area contributed by atoms with Crippen molar-refractivity contribution in [3.05, 3.63) is 250 Å². The summed E-state index contributed by atoms with van der Waals surface area (Å²) in [5.41, 5.74) is 2.46. The van der Waals surface area contributed by atoms with E-state index in [2.05, 4.69) is 218 Å². The number of ether oxygens (including phenoxy) is 3. The molecule has 2 N–H and O–H groups in total. The maximum absolute atomic E-state index is 14.0. The van der Waals surface area contributed by atoms with Crippen molar-refractivity contribution in [1.82, 2.24) is 14.9 Å². The summed E-state index contributed by atoms with van der Waals surface area (Å²) >= 11 is 0. The fourth-order valence-electron chi connectivity index (χ4n) is 8.40. The molecular weight excluding hydrogens is 1190 g/mol. The number of benzene rings is 2.